The van der Waals surface area contributed by atoms with Gasteiger partial charge in [-0.25, -0.2) is 0 Å². The molecule has 0 saturated heterocycles. The Morgan fingerprint density at radius 1 is 0.533 bits per heavy atom. The molecule has 0 atom stereocenters. The Balaban J connectivity index is -0.0000000667. The van der Waals surface area contributed by atoms with Crippen LogP contribution in [0.15, 0.2) is 12.1 Å². The van der Waals surface area contributed by atoms with Gasteiger partial charge in [-0.1, -0.05) is 0 Å². The summed E-state index contributed by atoms with van der Waals surface area (Å²) in [5, 5.41) is 0. The molecular formula is C6H15Cl4LiN4. The van der Waals surface area contributed by atoms with Crippen LogP contribution in [0.2, 0.25) is 0 Å². The molecule has 0 heterocycles. The van der Waals surface area contributed by atoms with Gasteiger partial charge in [0, 0.05) is 0 Å². The van der Waals surface area contributed by atoms with E-state index >= 15 is 0 Å². The average Bonchev–Trinajstić information content (AvgIpc) is 1.84. The van der Waals surface area contributed by atoms with Crippen LogP contribution in [0, 0.1) is 0 Å². The van der Waals surface area contributed by atoms with Crippen LogP contribution >= 0.6 is 49.6 Å². The van der Waals surface area contributed by atoms with Gasteiger partial charge in [-0.15, -0.1) is 49.6 Å². The van der Waals surface area contributed by atoms with Gasteiger partial charge >= 0.3 is 18.9 Å². The summed E-state index contributed by atoms with van der Waals surface area (Å²) >= 11 is 0. The van der Waals surface area contributed by atoms with Crippen LogP contribution in [0.1, 0.15) is 0 Å². The Bertz CT molecular complexity index is 223. The third-order valence-corrected chi connectivity index (χ3v) is 1.29. The predicted octanol–water partition coefficient (Wildman–Crippen LogP) is 1.05. The Labute approximate surface area is 126 Å². The maximum atomic E-state index is 5.43. The molecule has 4 nitrogen and oxygen atoms in total. The number of hydrogen-bond donors (Lipinski definition) is 4. The quantitative estimate of drug-likeness (QED) is 0.424. The van der Waals surface area contributed by atoms with Gasteiger partial charge in [0.25, 0.3) is 0 Å². The molecule has 0 amide bonds. The van der Waals surface area contributed by atoms with Crippen LogP contribution in [-0.4, -0.2) is 18.9 Å². The molecule has 0 spiro atoms. The second kappa shape index (κ2) is 12.2. The van der Waals surface area contributed by atoms with Gasteiger partial charge in [0.05, 0.1) is 22.7 Å². The van der Waals surface area contributed by atoms with Gasteiger partial charge < -0.3 is 22.9 Å². The topological polar surface area (TPSA) is 104 Å². The first-order valence-corrected chi connectivity index (χ1v) is 2.81. The summed E-state index contributed by atoms with van der Waals surface area (Å²) < 4.78 is 0. The summed E-state index contributed by atoms with van der Waals surface area (Å²) in [4.78, 5) is 0. The van der Waals surface area contributed by atoms with E-state index in [0.29, 0.717) is 22.7 Å². The minimum absolute atomic E-state index is 0. The molecule has 0 radical (unpaired) electrons. The summed E-state index contributed by atoms with van der Waals surface area (Å²) in [5.74, 6) is 0. The van der Waals surface area contributed by atoms with Crippen LogP contribution in [0.25, 0.3) is 0 Å². The zero-order valence-electron chi connectivity index (χ0n) is 7.10. The number of hydrogen-bond acceptors (Lipinski definition) is 4. The van der Waals surface area contributed by atoms with Gasteiger partial charge in [-0.2, -0.15) is 0 Å². The third kappa shape index (κ3) is 8.03. The third-order valence-electron chi connectivity index (χ3n) is 1.29. The zero-order chi connectivity index (χ0) is 7.72. The van der Waals surface area contributed by atoms with Crippen LogP contribution in [-0.2, 0) is 0 Å². The summed E-state index contributed by atoms with van der Waals surface area (Å²) in [6.45, 7) is 0. The number of halogens is 4. The first-order valence-electron chi connectivity index (χ1n) is 2.81. The van der Waals surface area contributed by atoms with E-state index in [1.54, 1.807) is 12.1 Å². The Kier molecular flexibility index (Phi) is 24.0. The molecule has 0 aliphatic rings. The molecule has 0 unspecified atom stereocenters. The molecule has 1 rings (SSSR count). The zero-order valence-corrected chi connectivity index (χ0v) is 10.4. The molecule has 8 N–H and O–H groups in total. The normalized spacial score (nSPS) is 6.40. The van der Waals surface area contributed by atoms with Gasteiger partial charge in [-0.05, 0) is 12.1 Å². The monoisotopic (exact) mass is 290 g/mol. The van der Waals surface area contributed by atoms with Crippen LogP contribution in [0.5, 0.6) is 0 Å². The average molecular weight is 292 g/mol. The fourth-order valence-electron chi connectivity index (χ4n) is 0.668. The van der Waals surface area contributed by atoms with Crippen molar-refractivity contribution in [3.05, 3.63) is 12.1 Å². The van der Waals surface area contributed by atoms with Gasteiger partial charge in [-0.3, -0.25) is 0 Å². The van der Waals surface area contributed by atoms with Gasteiger partial charge in [0.15, 0.2) is 0 Å². The van der Waals surface area contributed by atoms with Gasteiger partial charge in [0.1, 0.15) is 0 Å². The Hall–Kier alpha value is 0.177. The molecule has 1 aromatic carbocycles. The van der Waals surface area contributed by atoms with E-state index in [-0.39, 0.29) is 68.5 Å². The molecule has 0 aliphatic carbocycles. The first kappa shape index (κ1) is 29.5. The number of nitrogen functional groups attached to an aromatic ring is 4. The molecule has 0 saturated carbocycles. The maximum absolute atomic E-state index is 5.43. The van der Waals surface area contributed by atoms with E-state index in [9.17, 15) is 0 Å². The van der Waals surface area contributed by atoms with Crippen LogP contribution in [0.4, 0.5) is 22.7 Å². The number of rotatable bonds is 0. The minimum atomic E-state index is 0. The Morgan fingerprint density at radius 3 is 0.800 bits per heavy atom. The molecule has 0 aliphatic heterocycles. The fourth-order valence-corrected chi connectivity index (χ4v) is 0.668. The SMILES string of the molecule is Cl.Cl.Cl.Cl.Nc1cc(N)c(N)cc1N.[LiH]. The van der Waals surface area contributed by atoms with Crippen LogP contribution < -0.4 is 22.9 Å². The van der Waals surface area contributed by atoms with Crippen molar-refractivity contribution < 1.29 is 0 Å². The van der Waals surface area contributed by atoms with E-state index in [1.165, 1.54) is 0 Å². The fraction of sp³-hybridized carbons (Fsp3) is 0. The number of benzene rings is 1. The second-order valence-electron chi connectivity index (χ2n) is 2.11. The van der Waals surface area contributed by atoms with Crippen molar-refractivity contribution in [1.82, 2.24) is 0 Å². The standard InChI is InChI=1S/C6H10N4.4ClH.Li.H/c7-3-1-4(8)6(10)2-5(3)9;;;;;;/h1-2H,7-10H2;4*1H;;. The summed E-state index contributed by atoms with van der Waals surface area (Å²) in [7, 11) is 0. The summed E-state index contributed by atoms with van der Waals surface area (Å²) in [6.07, 6.45) is 0. The molecule has 0 fully saturated rings. The van der Waals surface area contributed by atoms with Gasteiger partial charge in [0.2, 0.25) is 0 Å². The van der Waals surface area contributed by atoms with Crippen molar-refractivity contribution in [3.63, 3.8) is 0 Å². The summed E-state index contributed by atoms with van der Waals surface area (Å²) in [6, 6.07) is 3.09. The summed E-state index contributed by atoms with van der Waals surface area (Å²) in [5.41, 5.74) is 23.6. The number of anilines is 4. The van der Waals surface area contributed by atoms with Crippen molar-refractivity contribution in [2.75, 3.05) is 22.9 Å². The molecule has 0 aromatic heterocycles. The Morgan fingerprint density at radius 2 is 0.667 bits per heavy atom. The van der Waals surface area contributed by atoms with E-state index in [0.717, 1.165) is 0 Å². The van der Waals surface area contributed by atoms with E-state index in [4.69, 9.17) is 22.9 Å². The molecule has 15 heavy (non-hydrogen) atoms. The number of nitrogens with two attached hydrogens (primary N) is 4. The van der Waals surface area contributed by atoms with Crippen LogP contribution in [0.3, 0.4) is 0 Å². The van der Waals surface area contributed by atoms with Crippen molar-refractivity contribution in [1.29, 1.82) is 0 Å². The second-order valence-corrected chi connectivity index (χ2v) is 2.11. The van der Waals surface area contributed by atoms with Crippen molar-refractivity contribution in [2.24, 2.45) is 0 Å². The van der Waals surface area contributed by atoms with Crippen molar-refractivity contribution in [2.45, 2.75) is 0 Å². The van der Waals surface area contributed by atoms with E-state index in [1.807, 2.05) is 0 Å². The molecular weight excluding hydrogens is 277 g/mol. The molecule has 88 valence electrons. The molecule has 0 bridgehead atoms. The predicted molar refractivity (Wildman–Crippen MR) is 80.2 cm³/mol. The van der Waals surface area contributed by atoms with Crippen molar-refractivity contribution in [3.8, 4) is 0 Å². The van der Waals surface area contributed by atoms with E-state index in [2.05, 4.69) is 0 Å². The molecule has 9 heteroatoms. The van der Waals surface area contributed by atoms with Crippen molar-refractivity contribution >= 4 is 91.2 Å². The first-order chi connectivity index (χ1) is 4.61. The molecule has 1 aromatic rings. The van der Waals surface area contributed by atoms with E-state index < -0.39 is 0 Å².